The molecule has 0 amide bonds. The highest BCUT2D eigenvalue weighted by Gasteiger charge is 2.26. The maximum Gasteiger partial charge on any atom is 0.303 e. The normalized spacial score (nSPS) is 15.4. The van der Waals surface area contributed by atoms with Crippen LogP contribution in [0.15, 0.2) is 36.4 Å². The highest BCUT2D eigenvalue weighted by molar-refractivity contribution is 6.37. The van der Waals surface area contributed by atoms with Crippen LogP contribution in [0.3, 0.4) is 0 Å². The first kappa shape index (κ1) is 28.9. The molecule has 1 aliphatic heterocycles. The van der Waals surface area contributed by atoms with Crippen LogP contribution in [0.2, 0.25) is 10.0 Å². The molecule has 0 aliphatic carbocycles. The van der Waals surface area contributed by atoms with Crippen molar-refractivity contribution >= 4 is 40.8 Å². The zero-order valence-electron chi connectivity index (χ0n) is 21.0. The van der Waals surface area contributed by atoms with E-state index in [4.69, 9.17) is 53.8 Å². The molecular formula is C27H34Cl3NO5. The lowest BCUT2D eigenvalue weighted by Gasteiger charge is -2.30. The van der Waals surface area contributed by atoms with Gasteiger partial charge >= 0.3 is 5.97 Å². The minimum absolute atomic E-state index is 0.274. The van der Waals surface area contributed by atoms with Crippen molar-refractivity contribution in [2.75, 3.05) is 51.9 Å². The second-order valence-electron chi connectivity index (χ2n) is 9.26. The van der Waals surface area contributed by atoms with Crippen LogP contribution in [0.4, 0.5) is 0 Å². The lowest BCUT2D eigenvalue weighted by molar-refractivity contribution is -0.149. The van der Waals surface area contributed by atoms with Gasteiger partial charge in [0.1, 0.15) is 18.5 Å². The SMILES string of the molecule is CC(=O)O[C@@H](COc1ccc(C(C)(C)c2cc(Cl)c(OCCCCl)c(Cl)c2)cc1)CN1CCOCC1. The second-order valence-corrected chi connectivity index (χ2v) is 10.5. The first-order valence-corrected chi connectivity index (χ1v) is 13.4. The predicted molar refractivity (Wildman–Crippen MR) is 144 cm³/mol. The molecular weight excluding hydrogens is 525 g/mol. The van der Waals surface area contributed by atoms with Gasteiger partial charge in [-0.15, -0.1) is 11.6 Å². The molecule has 1 saturated heterocycles. The third kappa shape index (κ3) is 8.15. The molecule has 0 spiro atoms. The number of alkyl halides is 1. The van der Waals surface area contributed by atoms with Gasteiger partial charge in [-0.25, -0.2) is 0 Å². The van der Waals surface area contributed by atoms with Crippen molar-refractivity contribution in [3.63, 3.8) is 0 Å². The molecule has 1 fully saturated rings. The van der Waals surface area contributed by atoms with E-state index in [0.29, 0.717) is 60.2 Å². The maximum atomic E-state index is 11.6. The van der Waals surface area contributed by atoms with E-state index in [0.717, 1.165) is 24.2 Å². The summed E-state index contributed by atoms with van der Waals surface area (Å²) in [6.45, 7) is 9.98. The van der Waals surface area contributed by atoms with Crippen LogP contribution in [-0.4, -0.2) is 68.9 Å². The van der Waals surface area contributed by atoms with Gasteiger partial charge in [-0.3, -0.25) is 9.69 Å². The standard InChI is InChI=1S/C27H34Cl3NO5/c1-19(32)36-23(17-31-10-13-33-14-11-31)18-35-22-7-5-20(6-8-22)27(2,3)21-15-24(29)26(25(30)16-21)34-12-4-9-28/h5-8,15-16,23H,4,9-14,17-18H2,1-3H3/t23-/m1/s1. The Balaban J connectivity index is 1.66. The Morgan fingerprint density at radius 1 is 1.06 bits per heavy atom. The van der Waals surface area contributed by atoms with Gasteiger partial charge in [-0.05, 0) is 41.8 Å². The Morgan fingerprint density at radius 2 is 1.69 bits per heavy atom. The molecule has 0 aromatic heterocycles. The smallest absolute Gasteiger partial charge is 0.303 e. The van der Waals surface area contributed by atoms with Crippen molar-refractivity contribution < 1.29 is 23.7 Å². The Kier molecular flexibility index (Phi) is 11.0. The fraction of sp³-hybridized carbons (Fsp3) is 0.519. The third-order valence-corrected chi connectivity index (χ3v) is 6.98. The molecule has 2 aromatic carbocycles. The molecule has 6 nitrogen and oxygen atoms in total. The predicted octanol–water partition coefficient (Wildman–Crippen LogP) is 5.97. The van der Waals surface area contributed by atoms with E-state index in [9.17, 15) is 4.79 Å². The van der Waals surface area contributed by atoms with E-state index in [1.165, 1.54) is 6.92 Å². The summed E-state index contributed by atoms with van der Waals surface area (Å²) in [5.74, 6) is 1.37. The van der Waals surface area contributed by atoms with Gasteiger partial charge in [-0.2, -0.15) is 0 Å². The van der Waals surface area contributed by atoms with E-state index in [1.54, 1.807) is 0 Å². The van der Waals surface area contributed by atoms with E-state index < -0.39 is 0 Å². The molecule has 1 atom stereocenters. The quantitative estimate of drug-likeness (QED) is 0.182. The fourth-order valence-electron chi connectivity index (χ4n) is 4.04. The highest BCUT2D eigenvalue weighted by atomic mass is 35.5. The number of rotatable bonds is 12. The van der Waals surface area contributed by atoms with Gasteiger partial charge in [0.15, 0.2) is 5.75 Å². The zero-order valence-corrected chi connectivity index (χ0v) is 23.3. The van der Waals surface area contributed by atoms with E-state index in [-0.39, 0.29) is 24.1 Å². The Morgan fingerprint density at radius 3 is 2.28 bits per heavy atom. The van der Waals surface area contributed by atoms with Gasteiger partial charge < -0.3 is 18.9 Å². The minimum Gasteiger partial charge on any atom is -0.490 e. The van der Waals surface area contributed by atoms with Crippen molar-refractivity contribution in [3.05, 3.63) is 57.6 Å². The number of benzene rings is 2. The van der Waals surface area contributed by atoms with Crippen LogP contribution in [0.25, 0.3) is 0 Å². The maximum absolute atomic E-state index is 11.6. The molecule has 9 heteroatoms. The van der Waals surface area contributed by atoms with E-state index >= 15 is 0 Å². The summed E-state index contributed by atoms with van der Waals surface area (Å²) in [5, 5.41) is 0.939. The largest absolute Gasteiger partial charge is 0.490 e. The molecule has 0 N–H and O–H groups in total. The monoisotopic (exact) mass is 557 g/mol. The Bertz CT molecular complexity index is 970. The molecule has 198 valence electrons. The molecule has 0 bridgehead atoms. The molecule has 1 aliphatic rings. The highest BCUT2D eigenvalue weighted by Crippen LogP contribution is 2.40. The van der Waals surface area contributed by atoms with Crippen LogP contribution in [0.5, 0.6) is 11.5 Å². The van der Waals surface area contributed by atoms with Crippen molar-refractivity contribution in [2.24, 2.45) is 0 Å². The summed E-state index contributed by atoms with van der Waals surface area (Å²) in [5.41, 5.74) is 1.68. The summed E-state index contributed by atoms with van der Waals surface area (Å²) in [6, 6.07) is 11.7. The molecule has 0 radical (unpaired) electrons. The molecule has 0 unspecified atom stereocenters. The van der Waals surface area contributed by atoms with E-state index in [2.05, 4.69) is 18.7 Å². The molecule has 3 rings (SSSR count). The first-order valence-electron chi connectivity index (χ1n) is 12.1. The topological polar surface area (TPSA) is 57.2 Å². The first-order chi connectivity index (χ1) is 17.2. The van der Waals surface area contributed by atoms with Crippen LogP contribution in [0.1, 0.15) is 38.3 Å². The number of esters is 1. The van der Waals surface area contributed by atoms with Crippen molar-refractivity contribution in [3.8, 4) is 11.5 Å². The van der Waals surface area contributed by atoms with Crippen LogP contribution < -0.4 is 9.47 Å². The van der Waals surface area contributed by atoms with E-state index in [1.807, 2.05) is 36.4 Å². The third-order valence-electron chi connectivity index (χ3n) is 6.15. The van der Waals surface area contributed by atoms with Crippen LogP contribution in [-0.2, 0) is 19.7 Å². The van der Waals surface area contributed by atoms with Crippen LogP contribution >= 0.6 is 34.8 Å². The van der Waals surface area contributed by atoms with Gasteiger partial charge in [0, 0.05) is 37.9 Å². The van der Waals surface area contributed by atoms with Crippen molar-refractivity contribution in [2.45, 2.75) is 38.7 Å². The summed E-state index contributed by atoms with van der Waals surface area (Å²) in [4.78, 5) is 13.8. The number of hydrogen-bond donors (Lipinski definition) is 0. The molecule has 1 heterocycles. The van der Waals surface area contributed by atoms with Crippen molar-refractivity contribution in [1.29, 1.82) is 0 Å². The minimum atomic E-state index is -0.364. The molecule has 0 saturated carbocycles. The van der Waals surface area contributed by atoms with Gasteiger partial charge in [0.05, 0.1) is 29.9 Å². The Hall–Kier alpha value is -1.70. The van der Waals surface area contributed by atoms with Crippen molar-refractivity contribution in [1.82, 2.24) is 4.90 Å². The average Bonchev–Trinajstić information content (AvgIpc) is 2.84. The summed E-state index contributed by atoms with van der Waals surface area (Å²) in [6.07, 6.45) is 0.358. The molecule has 2 aromatic rings. The Labute approximate surface area is 228 Å². The number of carbonyl (C=O) groups is 1. The number of ether oxygens (including phenoxy) is 4. The van der Waals surface area contributed by atoms with Gasteiger partial charge in [0.2, 0.25) is 0 Å². The summed E-state index contributed by atoms with van der Waals surface area (Å²) >= 11 is 18.7. The lowest BCUT2D eigenvalue weighted by atomic mass is 9.78. The van der Waals surface area contributed by atoms with Gasteiger partial charge in [0.25, 0.3) is 0 Å². The number of halogens is 3. The molecule has 36 heavy (non-hydrogen) atoms. The van der Waals surface area contributed by atoms with Crippen LogP contribution in [0, 0.1) is 0 Å². The fourth-order valence-corrected chi connectivity index (χ4v) is 4.75. The zero-order chi connectivity index (χ0) is 26.1. The number of nitrogens with zero attached hydrogens (tertiary/aromatic N) is 1. The number of morpholine rings is 1. The second kappa shape index (κ2) is 13.7. The number of hydrogen-bond acceptors (Lipinski definition) is 6. The van der Waals surface area contributed by atoms with Gasteiger partial charge in [-0.1, -0.05) is 49.2 Å². The summed E-state index contributed by atoms with van der Waals surface area (Å²) in [7, 11) is 0. The average molecular weight is 559 g/mol. The number of carbonyl (C=O) groups excluding carboxylic acids is 1. The summed E-state index contributed by atoms with van der Waals surface area (Å²) < 4.78 is 22.6. The lowest BCUT2D eigenvalue weighted by Crippen LogP contribution is -2.43.